The molecule has 1 fully saturated rings. The van der Waals surface area contributed by atoms with Crippen LogP contribution in [0.2, 0.25) is 0 Å². The van der Waals surface area contributed by atoms with Gasteiger partial charge in [-0.1, -0.05) is 18.2 Å². The van der Waals surface area contributed by atoms with Gasteiger partial charge in [0.15, 0.2) is 0 Å². The highest BCUT2D eigenvalue weighted by Crippen LogP contribution is 2.10. The van der Waals surface area contributed by atoms with Gasteiger partial charge in [-0.2, -0.15) is 0 Å². The number of carbonyl (C=O) groups is 1. The van der Waals surface area contributed by atoms with Gasteiger partial charge in [-0.25, -0.2) is 0 Å². The van der Waals surface area contributed by atoms with E-state index in [4.69, 9.17) is 10.5 Å². The van der Waals surface area contributed by atoms with E-state index in [1.54, 1.807) is 0 Å². The van der Waals surface area contributed by atoms with Crippen LogP contribution in [0.25, 0.3) is 0 Å². The van der Waals surface area contributed by atoms with Crippen LogP contribution in [0.1, 0.15) is 19.3 Å². The molecule has 0 aromatic heterocycles. The first-order chi connectivity index (χ1) is 10.3. The van der Waals surface area contributed by atoms with Crippen LogP contribution in [0.4, 0.5) is 0 Å². The molecule has 1 aromatic carbocycles. The lowest BCUT2D eigenvalue weighted by molar-refractivity contribution is -0.122. The van der Waals surface area contributed by atoms with E-state index in [0.29, 0.717) is 25.6 Å². The summed E-state index contributed by atoms with van der Waals surface area (Å²) in [7, 11) is 0. The van der Waals surface area contributed by atoms with Gasteiger partial charge in [0.05, 0.1) is 13.0 Å². The molecule has 0 radical (unpaired) electrons. The first-order valence-electron chi connectivity index (χ1n) is 7.67. The zero-order valence-corrected chi connectivity index (χ0v) is 12.5. The number of hydrogen-bond acceptors (Lipinski definition) is 4. The topological polar surface area (TPSA) is 67.6 Å². The van der Waals surface area contributed by atoms with E-state index in [-0.39, 0.29) is 5.91 Å². The van der Waals surface area contributed by atoms with Crippen molar-refractivity contribution in [1.29, 1.82) is 0 Å². The first-order valence-corrected chi connectivity index (χ1v) is 7.67. The lowest BCUT2D eigenvalue weighted by Gasteiger charge is -2.32. The molecule has 1 amide bonds. The number of benzene rings is 1. The molecule has 1 heterocycles. The molecule has 1 aliphatic rings. The van der Waals surface area contributed by atoms with Gasteiger partial charge in [0.1, 0.15) is 5.75 Å². The third-order valence-corrected chi connectivity index (χ3v) is 3.74. The number of hydrogen-bond donors (Lipinski definition) is 2. The molecule has 5 heteroatoms. The average Bonchev–Trinajstić information content (AvgIpc) is 2.51. The number of rotatable bonds is 7. The second-order valence-electron chi connectivity index (χ2n) is 5.38. The Kier molecular flexibility index (Phi) is 6.50. The molecule has 0 spiro atoms. The minimum absolute atomic E-state index is 0.0724. The zero-order valence-electron chi connectivity index (χ0n) is 12.5. The first kappa shape index (κ1) is 15.8. The Morgan fingerprint density at radius 2 is 2.00 bits per heavy atom. The van der Waals surface area contributed by atoms with Crippen LogP contribution >= 0.6 is 0 Å². The number of nitrogens with one attached hydrogen (secondary N) is 1. The second kappa shape index (κ2) is 8.64. The van der Waals surface area contributed by atoms with Crippen molar-refractivity contribution in [3.8, 4) is 5.75 Å². The van der Waals surface area contributed by atoms with E-state index in [9.17, 15) is 4.79 Å². The average molecular weight is 291 g/mol. The van der Waals surface area contributed by atoms with E-state index in [2.05, 4.69) is 10.2 Å². The molecule has 3 N–H and O–H groups in total. The van der Waals surface area contributed by atoms with Gasteiger partial charge in [0.2, 0.25) is 5.91 Å². The summed E-state index contributed by atoms with van der Waals surface area (Å²) in [5, 5.41) is 3.09. The highest BCUT2D eigenvalue weighted by molar-refractivity contribution is 5.76. The second-order valence-corrected chi connectivity index (χ2v) is 5.38. The van der Waals surface area contributed by atoms with Crippen molar-refractivity contribution in [2.75, 3.05) is 32.8 Å². The Bertz CT molecular complexity index is 417. The SMILES string of the molecule is NCCN1CCC(NC(=O)CCOc2ccccc2)CC1. The van der Waals surface area contributed by atoms with Gasteiger partial charge in [-0.05, 0) is 25.0 Å². The predicted octanol–water partition coefficient (Wildman–Crippen LogP) is 0.995. The smallest absolute Gasteiger partial charge is 0.223 e. The summed E-state index contributed by atoms with van der Waals surface area (Å²) in [5.74, 6) is 0.878. The molecule has 0 atom stereocenters. The molecule has 116 valence electrons. The van der Waals surface area contributed by atoms with Crippen LogP contribution in [0.3, 0.4) is 0 Å². The van der Waals surface area contributed by atoms with Gasteiger partial charge >= 0.3 is 0 Å². The van der Waals surface area contributed by atoms with Crippen LogP contribution in [-0.2, 0) is 4.79 Å². The lowest BCUT2D eigenvalue weighted by Crippen LogP contribution is -2.45. The Labute approximate surface area is 126 Å². The lowest BCUT2D eigenvalue weighted by atomic mass is 10.0. The predicted molar refractivity (Wildman–Crippen MR) is 83.2 cm³/mol. The number of amides is 1. The fourth-order valence-corrected chi connectivity index (χ4v) is 2.56. The van der Waals surface area contributed by atoms with Crippen molar-refractivity contribution in [1.82, 2.24) is 10.2 Å². The molecule has 1 aliphatic heterocycles. The van der Waals surface area contributed by atoms with E-state index in [0.717, 1.165) is 38.2 Å². The quantitative estimate of drug-likeness (QED) is 0.786. The number of nitrogens with two attached hydrogens (primary N) is 1. The number of piperidine rings is 1. The monoisotopic (exact) mass is 291 g/mol. The Morgan fingerprint density at radius 3 is 2.67 bits per heavy atom. The van der Waals surface area contributed by atoms with Gasteiger partial charge in [-0.15, -0.1) is 0 Å². The number of likely N-dealkylation sites (tertiary alicyclic amines) is 1. The molecule has 1 aromatic rings. The molecule has 2 rings (SSSR count). The normalized spacial score (nSPS) is 16.6. The van der Waals surface area contributed by atoms with Crippen LogP contribution < -0.4 is 15.8 Å². The van der Waals surface area contributed by atoms with Crippen molar-refractivity contribution in [2.45, 2.75) is 25.3 Å². The van der Waals surface area contributed by atoms with Crippen LogP contribution in [0.5, 0.6) is 5.75 Å². The largest absolute Gasteiger partial charge is 0.493 e. The summed E-state index contributed by atoms with van der Waals surface area (Å²) in [6.07, 6.45) is 2.41. The Morgan fingerprint density at radius 1 is 1.29 bits per heavy atom. The fourth-order valence-electron chi connectivity index (χ4n) is 2.56. The third-order valence-electron chi connectivity index (χ3n) is 3.74. The Hall–Kier alpha value is -1.59. The molecular weight excluding hydrogens is 266 g/mol. The maximum atomic E-state index is 11.9. The standard InChI is InChI=1S/C16H25N3O2/c17-9-12-19-10-6-14(7-11-19)18-16(20)8-13-21-15-4-2-1-3-5-15/h1-5,14H,6-13,17H2,(H,18,20). The highest BCUT2D eigenvalue weighted by Gasteiger charge is 2.19. The zero-order chi connectivity index (χ0) is 14.9. The molecule has 5 nitrogen and oxygen atoms in total. The van der Waals surface area contributed by atoms with Crippen molar-refractivity contribution in [3.05, 3.63) is 30.3 Å². The van der Waals surface area contributed by atoms with Crippen molar-refractivity contribution >= 4 is 5.91 Å². The highest BCUT2D eigenvalue weighted by atomic mass is 16.5. The Balaban J connectivity index is 1.60. The molecule has 21 heavy (non-hydrogen) atoms. The fraction of sp³-hybridized carbons (Fsp3) is 0.562. The molecular formula is C16H25N3O2. The summed E-state index contributed by atoms with van der Waals surface area (Å²) in [6.45, 7) is 4.10. The van der Waals surface area contributed by atoms with Crippen molar-refractivity contribution in [3.63, 3.8) is 0 Å². The molecule has 0 bridgehead atoms. The summed E-state index contributed by atoms with van der Waals surface area (Å²) in [5.41, 5.74) is 5.55. The summed E-state index contributed by atoms with van der Waals surface area (Å²) < 4.78 is 5.53. The minimum atomic E-state index is 0.0724. The van der Waals surface area contributed by atoms with Gasteiger partial charge in [0.25, 0.3) is 0 Å². The number of para-hydroxylation sites is 1. The van der Waals surface area contributed by atoms with Gasteiger partial charge in [-0.3, -0.25) is 4.79 Å². The maximum absolute atomic E-state index is 11.9. The van der Waals surface area contributed by atoms with Gasteiger partial charge in [0, 0.05) is 32.2 Å². The van der Waals surface area contributed by atoms with Crippen LogP contribution in [-0.4, -0.2) is 49.6 Å². The van der Waals surface area contributed by atoms with Crippen LogP contribution in [0.15, 0.2) is 30.3 Å². The summed E-state index contributed by atoms with van der Waals surface area (Å²) in [6, 6.07) is 9.87. The van der Waals surface area contributed by atoms with Crippen molar-refractivity contribution in [2.24, 2.45) is 5.73 Å². The number of nitrogens with zero attached hydrogens (tertiary/aromatic N) is 1. The van der Waals surface area contributed by atoms with Crippen molar-refractivity contribution < 1.29 is 9.53 Å². The summed E-state index contributed by atoms with van der Waals surface area (Å²) >= 11 is 0. The molecule has 0 aliphatic carbocycles. The minimum Gasteiger partial charge on any atom is -0.493 e. The van der Waals surface area contributed by atoms with Crippen LogP contribution in [0, 0.1) is 0 Å². The summed E-state index contributed by atoms with van der Waals surface area (Å²) in [4.78, 5) is 14.2. The number of carbonyl (C=O) groups excluding carboxylic acids is 1. The molecule has 0 saturated carbocycles. The maximum Gasteiger partial charge on any atom is 0.223 e. The van der Waals surface area contributed by atoms with E-state index in [1.165, 1.54) is 0 Å². The molecule has 0 unspecified atom stereocenters. The third kappa shape index (κ3) is 5.73. The number of ether oxygens (including phenoxy) is 1. The van der Waals surface area contributed by atoms with E-state index >= 15 is 0 Å². The van der Waals surface area contributed by atoms with E-state index < -0.39 is 0 Å². The van der Waals surface area contributed by atoms with Gasteiger partial charge < -0.3 is 20.7 Å². The van der Waals surface area contributed by atoms with E-state index in [1.807, 2.05) is 30.3 Å². The molecule has 1 saturated heterocycles.